The van der Waals surface area contributed by atoms with Gasteiger partial charge >= 0.3 is 0 Å². The summed E-state index contributed by atoms with van der Waals surface area (Å²) >= 11 is 0. The highest BCUT2D eigenvalue weighted by Gasteiger charge is 2.26. The lowest BCUT2D eigenvalue weighted by Crippen LogP contribution is -2.23. The van der Waals surface area contributed by atoms with Crippen LogP contribution < -0.4 is 0 Å². The van der Waals surface area contributed by atoms with Crippen molar-refractivity contribution in [3.05, 3.63) is 63.2 Å². The summed E-state index contributed by atoms with van der Waals surface area (Å²) in [6, 6.07) is 8.76. The summed E-state index contributed by atoms with van der Waals surface area (Å²) < 4.78 is 0. The Labute approximate surface area is 195 Å². The zero-order chi connectivity index (χ0) is 24.1. The van der Waals surface area contributed by atoms with Gasteiger partial charge < -0.3 is 15.3 Å². The van der Waals surface area contributed by atoms with Gasteiger partial charge in [-0.3, -0.25) is 0 Å². The van der Waals surface area contributed by atoms with Gasteiger partial charge in [-0.1, -0.05) is 72.2 Å². The maximum atomic E-state index is 11.3. The molecule has 0 saturated heterocycles. The predicted octanol–water partition coefficient (Wildman–Crippen LogP) is 6.13. The van der Waals surface area contributed by atoms with Crippen LogP contribution in [0.2, 0.25) is 0 Å². The Balaban J connectivity index is 2.62. The third kappa shape index (κ3) is 6.36. The molecule has 0 atom stereocenters. The summed E-state index contributed by atoms with van der Waals surface area (Å²) in [5, 5.41) is 30.6. The first kappa shape index (κ1) is 26.4. The van der Waals surface area contributed by atoms with E-state index in [1.54, 1.807) is 0 Å². The first-order valence-corrected chi connectivity index (χ1v) is 12.1. The van der Waals surface area contributed by atoms with Crippen molar-refractivity contribution in [3.63, 3.8) is 0 Å². The molecule has 0 aliphatic heterocycles. The molecule has 32 heavy (non-hydrogen) atoms. The Kier molecular flexibility index (Phi) is 8.96. The molecule has 3 heteroatoms. The highest BCUT2D eigenvalue weighted by atomic mass is 16.3. The zero-order valence-corrected chi connectivity index (χ0v) is 21.3. The second kappa shape index (κ2) is 10.9. The van der Waals surface area contributed by atoms with Crippen LogP contribution in [0.15, 0.2) is 24.3 Å². The largest absolute Gasteiger partial charge is 0.507 e. The minimum Gasteiger partial charge on any atom is -0.507 e. The predicted molar refractivity (Wildman–Crippen MR) is 135 cm³/mol. The Morgan fingerprint density at radius 3 is 1.88 bits per heavy atom. The lowest BCUT2D eigenvalue weighted by Gasteiger charge is -2.27. The molecule has 2 aromatic rings. The Hall–Kier alpha value is -1.84. The van der Waals surface area contributed by atoms with Crippen LogP contribution in [-0.4, -0.2) is 28.5 Å². The molecule has 0 spiro atoms. The Morgan fingerprint density at radius 1 is 0.781 bits per heavy atom. The van der Waals surface area contributed by atoms with Crippen molar-refractivity contribution in [2.75, 3.05) is 13.2 Å². The van der Waals surface area contributed by atoms with Gasteiger partial charge in [-0.25, -0.2) is 0 Å². The molecule has 3 nitrogen and oxygen atoms in total. The van der Waals surface area contributed by atoms with E-state index in [9.17, 15) is 15.3 Å². The molecule has 0 aromatic heterocycles. The maximum Gasteiger partial charge on any atom is 0.122 e. The lowest BCUT2D eigenvalue weighted by atomic mass is 9.79. The molecular formula is C29H44O3. The van der Waals surface area contributed by atoms with Crippen LogP contribution in [0.3, 0.4) is 0 Å². The Bertz CT molecular complexity index is 904. The molecule has 0 amide bonds. The average molecular weight is 441 g/mol. The van der Waals surface area contributed by atoms with Crippen LogP contribution in [0.5, 0.6) is 5.75 Å². The number of phenolic OH excluding ortho intramolecular Hbond substituents is 1. The second-order valence-corrected chi connectivity index (χ2v) is 11.0. The molecule has 0 saturated carbocycles. The van der Waals surface area contributed by atoms with Gasteiger partial charge in [-0.05, 0) is 71.4 Å². The van der Waals surface area contributed by atoms with Gasteiger partial charge in [0.1, 0.15) is 5.75 Å². The molecule has 3 N–H and O–H groups in total. The monoisotopic (exact) mass is 440 g/mol. The van der Waals surface area contributed by atoms with Crippen LogP contribution in [0, 0.1) is 6.92 Å². The van der Waals surface area contributed by atoms with Crippen molar-refractivity contribution in [2.45, 2.75) is 97.8 Å². The van der Waals surface area contributed by atoms with Gasteiger partial charge in [0.25, 0.3) is 0 Å². The average Bonchev–Trinajstić information content (AvgIpc) is 2.73. The molecule has 0 fully saturated rings. The highest BCUT2D eigenvalue weighted by Crippen LogP contribution is 2.37. The van der Waals surface area contributed by atoms with Gasteiger partial charge in [0, 0.05) is 24.0 Å². The van der Waals surface area contributed by atoms with E-state index in [1.807, 2.05) is 13.8 Å². The molecule has 2 rings (SSSR count). The SMILES string of the molecule is CCCCc1cc(Cc2cc(CCCO)cc(C(C)(C)C)c2C)c(O)c(C(C)(C)CO)c1. The number of aromatic hydroxyl groups is 1. The van der Waals surface area contributed by atoms with Crippen LogP contribution >= 0.6 is 0 Å². The van der Waals surface area contributed by atoms with Crippen LogP contribution in [0.1, 0.15) is 99.7 Å². The van der Waals surface area contributed by atoms with Crippen molar-refractivity contribution >= 4 is 0 Å². The minimum absolute atomic E-state index is 0.0128. The van der Waals surface area contributed by atoms with E-state index < -0.39 is 5.41 Å². The molecule has 0 heterocycles. The summed E-state index contributed by atoms with van der Waals surface area (Å²) in [6.07, 6.45) is 5.45. The fourth-order valence-electron chi connectivity index (χ4n) is 4.46. The normalized spacial score (nSPS) is 12.4. The highest BCUT2D eigenvalue weighted by molar-refractivity contribution is 5.51. The van der Waals surface area contributed by atoms with E-state index >= 15 is 0 Å². The van der Waals surface area contributed by atoms with E-state index in [2.05, 4.69) is 58.9 Å². The molecule has 0 radical (unpaired) electrons. The van der Waals surface area contributed by atoms with Crippen molar-refractivity contribution in [1.29, 1.82) is 0 Å². The quantitative estimate of drug-likeness (QED) is 0.417. The number of rotatable bonds is 10. The van der Waals surface area contributed by atoms with E-state index in [-0.39, 0.29) is 18.6 Å². The number of aliphatic hydroxyl groups is 2. The molecule has 0 bridgehead atoms. The summed E-state index contributed by atoms with van der Waals surface area (Å²) in [4.78, 5) is 0. The van der Waals surface area contributed by atoms with E-state index in [1.165, 1.54) is 27.8 Å². The van der Waals surface area contributed by atoms with Crippen molar-refractivity contribution < 1.29 is 15.3 Å². The van der Waals surface area contributed by atoms with Crippen LogP contribution in [0.4, 0.5) is 0 Å². The second-order valence-electron chi connectivity index (χ2n) is 11.0. The number of hydrogen-bond acceptors (Lipinski definition) is 3. The number of phenols is 1. The first-order chi connectivity index (χ1) is 14.9. The fraction of sp³-hybridized carbons (Fsp3) is 0.586. The molecular weight excluding hydrogens is 396 g/mol. The zero-order valence-electron chi connectivity index (χ0n) is 21.3. The summed E-state index contributed by atoms with van der Waals surface area (Å²) in [5.74, 6) is 0.307. The number of aryl methyl sites for hydroxylation is 2. The van der Waals surface area contributed by atoms with E-state index in [0.717, 1.165) is 43.2 Å². The van der Waals surface area contributed by atoms with Gasteiger partial charge in [-0.15, -0.1) is 0 Å². The first-order valence-electron chi connectivity index (χ1n) is 12.1. The molecule has 0 aliphatic rings. The summed E-state index contributed by atoms with van der Waals surface area (Å²) in [6.45, 7) is 15.2. The molecule has 2 aromatic carbocycles. The standard InChI is InChI=1S/C29H44O3/c1-8-9-11-21-15-24(27(32)26(17-21)29(6,7)19-31)18-23-14-22(12-10-13-30)16-25(20(23)2)28(3,4)5/h14-17,30-32H,8-13,18-19H2,1-7H3. The van der Waals surface area contributed by atoms with Gasteiger partial charge in [0.05, 0.1) is 6.61 Å². The summed E-state index contributed by atoms with van der Waals surface area (Å²) in [7, 11) is 0. The topological polar surface area (TPSA) is 60.7 Å². The number of unbranched alkanes of at least 4 members (excludes halogenated alkanes) is 1. The lowest BCUT2D eigenvalue weighted by molar-refractivity contribution is 0.215. The van der Waals surface area contributed by atoms with Gasteiger partial charge in [0.2, 0.25) is 0 Å². The van der Waals surface area contributed by atoms with Crippen LogP contribution in [-0.2, 0) is 30.1 Å². The van der Waals surface area contributed by atoms with Gasteiger partial charge in [0.15, 0.2) is 0 Å². The van der Waals surface area contributed by atoms with E-state index in [4.69, 9.17) is 0 Å². The van der Waals surface area contributed by atoms with Crippen molar-refractivity contribution in [2.24, 2.45) is 0 Å². The van der Waals surface area contributed by atoms with Crippen molar-refractivity contribution in [1.82, 2.24) is 0 Å². The maximum absolute atomic E-state index is 11.3. The number of hydrogen-bond donors (Lipinski definition) is 3. The fourth-order valence-corrected chi connectivity index (χ4v) is 4.46. The van der Waals surface area contributed by atoms with E-state index in [0.29, 0.717) is 12.2 Å². The number of aliphatic hydroxyl groups excluding tert-OH is 2. The Morgan fingerprint density at radius 2 is 1.34 bits per heavy atom. The number of benzene rings is 2. The molecule has 178 valence electrons. The smallest absolute Gasteiger partial charge is 0.122 e. The third-order valence-electron chi connectivity index (χ3n) is 6.58. The third-order valence-corrected chi connectivity index (χ3v) is 6.58. The minimum atomic E-state index is -0.504. The van der Waals surface area contributed by atoms with Gasteiger partial charge in [-0.2, -0.15) is 0 Å². The molecule has 0 unspecified atom stereocenters. The van der Waals surface area contributed by atoms with Crippen LogP contribution in [0.25, 0.3) is 0 Å². The summed E-state index contributed by atoms with van der Waals surface area (Å²) in [5.41, 5.74) is 7.54. The molecule has 0 aliphatic carbocycles. The van der Waals surface area contributed by atoms with Crippen molar-refractivity contribution in [3.8, 4) is 5.75 Å².